The molecule has 3 aromatic carbocycles. The Labute approximate surface area is 215 Å². The average molecular weight is 575 g/mol. The van der Waals surface area contributed by atoms with Gasteiger partial charge in [-0.3, -0.25) is 4.79 Å². The molecule has 1 aliphatic carbocycles. The summed E-state index contributed by atoms with van der Waals surface area (Å²) in [6.45, 7) is 0. The molecule has 10 heteroatoms. The fourth-order valence-corrected chi connectivity index (χ4v) is 5.69. The van der Waals surface area contributed by atoms with Gasteiger partial charge in [-0.2, -0.15) is 0 Å². The van der Waals surface area contributed by atoms with Gasteiger partial charge in [-0.25, -0.2) is 21.5 Å². The highest BCUT2D eigenvalue weighted by Gasteiger charge is 2.34. The predicted octanol–water partition coefficient (Wildman–Crippen LogP) is 6.48. The molecule has 0 bridgehead atoms. The lowest BCUT2D eigenvalue weighted by Gasteiger charge is -2.25. The molecule has 0 atom stereocenters. The van der Waals surface area contributed by atoms with Gasteiger partial charge in [0.25, 0.3) is 5.91 Å². The zero-order valence-corrected chi connectivity index (χ0v) is 21.7. The molecular formula is C26H21BrF2N2O4S. The van der Waals surface area contributed by atoms with Crippen molar-refractivity contribution in [2.75, 3.05) is 17.6 Å². The van der Waals surface area contributed by atoms with Crippen molar-refractivity contribution in [3.05, 3.63) is 81.8 Å². The predicted molar refractivity (Wildman–Crippen MR) is 138 cm³/mol. The van der Waals surface area contributed by atoms with E-state index in [9.17, 15) is 17.6 Å². The molecule has 36 heavy (non-hydrogen) atoms. The van der Waals surface area contributed by atoms with Crippen LogP contribution in [-0.2, 0) is 10.0 Å². The lowest BCUT2D eigenvalue weighted by molar-refractivity contribution is 0.0964. The smallest absolute Gasteiger partial charge is 0.255 e. The number of fused-ring (bicyclic) bond motifs is 1. The third-order valence-corrected chi connectivity index (χ3v) is 7.64. The van der Waals surface area contributed by atoms with E-state index in [4.69, 9.17) is 4.42 Å². The summed E-state index contributed by atoms with van der Waals surface area (Å²) in [7, 11) is -2.48. The van der Waals surface area contributed by atoms with Gasteiger partial charge in [-0.1, -0.05) is 15.9 Å². The molecule has 0 spiro atoms. The lowest BCUT2D eigenvalue weighted by Crippen LogP contribution is -2.26. The average Bonchev–Trinajstić information content (AvgIpc) is 3.60. The minimum Gasteiger partial charge on any atom is -0.455 e. The summed E-state index contributed by atoms with van der Waals surface area (Å²) in [6, 6.07) is 13.0. The Bertz CT molecular complexity index is 1610. The maximum Gasteiger partial charge on any atom is 0.255 e. The molecule has 0 unspecified atom stereocenters. The van der Waals surface area contributed by atoms with Crippen LogP contribution in [-0.4, -0.2) is 27.6 Å². The van der Waals surface area contributed by atoms with Crippen LogP contribution in [0.15, 0.2) is 63.5 Å². The van der Waals surface area contributed by atoms with Crippen molar-refractivity contribution in [3.8, 4) is 11.3 Å². The number of rotatable bonds is 6. The molecule has 0 aliphatic heterocycles. The van der Waals surface area contributed by atoms with Crippen LogP contribution < -0.4 is 9.62 Å². The monoisotopic (exact) mass is 574 g/mol. The number of nitrogens with one attached hydrogen (secondary N) is 1. The second-order valence-corrected chi connectivity index (χ2v) is 11.4. The number of hydrogen-bond donors (Lipinski definition) is 1. The van der Waals surface area contributed by atoms with Gasteiger partial charge in [-0.05, 0) is 72.9 Å². The number of amides is 1. The van der Waals surface area contributed by atoms with Crippen molar-refractivity contribution in [1.82, 2.24) is 5.32 Å². The third-order valence-electron chi connectivity index (χ3n) is 6.09. The van der Waals surface area contributed by atoms with Crippen molar-refractivity contribution < 1.29 is 26.4 Å². The van der Waals surface area contributed by atoms with Crippen molar-refractivity contribution in [2.24, 2.45) is 0 Å². The van der Waals surface area contributed by atoms with Crippen molar-refractivity contribution in [2.45, 2.75) is 18.8 Å². The number of nitrogens with zero attached hydrogens (tertiary/aromatic N) is 1. The fraction of sp³-hybridized carbons (Fsp3) is 0.192. The summed E-state index contributed by atoms with van der Waals surface area (Å²) in [5.74, 6) is -1.27. The number of carbonyl (C=O) groups is 1. The van der Waals surface area contributed by atoms with E-state index in [1.807, 2.05) is 0 Å². The van der Waals surface area contributed by atoms with Gasteiger partial charge < -0.3 is 9.73 Å². The van der Waals surface area contributed by atoms with Gasteiger partial charge in [0.05, 0.1) is 23.2 Å². The summed E-state index contributed by atoms with van der Waals surface area (Å²) in [5.41, 5.74) is 1.80. The molecular weight excluding hydrogens is 554 g/mol. The number of furan rings is 1. The molecule has 1 amide bonds. The fourth-order valence-electron chi connectivity index (χ4n) is 4.33. The van der Waals surface area contributed by atoms with E-state index < -0.39 is 27.6 Å². The molecule has 1 heterocycles. The Hall–Kier alpha value is -3.24. The van der Waals surface area contributed by atoms with Gasteiger partial charge in [0.15, 0.2) is 0 Å². The minimum absolute atomic E-state index is 0.0499. The topological polar surface area (TPSA) is 79.6 Å². The highest BCUT2D eigenvalue weighted by atomic mass is 79.9. The molecule has 0 saturated heterocycles. The SMILES string of the molecule is CNC(=O)c1c(-c2ccc(F)cc2)oc2cc(N(c3ccc(Br)cc3F)S(C)(=O)=O)c(C3CC3)cc12. The minimum atomic E-state index is -3.97. The van der Waals surface area contributed by atoms with Crippen LogP contribution in [0, 0.1) is 11.6 Å². The lowest BCUT2D eigenvalue weighted by atomic mass is 10.00. The molecule has 0 radical (unpaired) electrons. The Morgan fingerprint density at radius 1 is 1.06 bits per heavy atom. The van der Waals surface area contributed by atoms with E-state index in [1.54, 1.807) is 12.1 Å². The van der Waals surface area contributed by atoms with Crippen molar-refractivity contribution >= 4 is 54.2 Å². The maximum absolute atomic E-state index is 15.0. The summed E-state index contributed by atoms with van der Waals surface area (Å²) < 4.78 is 62.1. The third kappa shape index (κ3) is 4.39. The van der Waals surface area contributed by atoms with Crippen LogP contribution in [0.1, 0.15) is 34.7 Å². The van der Waals surface area contributed by atoms with Crippen LogP contribution in [0.5, 0.6) is 0 Å². The maximum atomic E-state index is 15.0. The zero-order valence-electron chi connectivity index (χ0n) is 19.3. The number of hydrogen-bond acceptors (Lipinski definition) is 4. The van der Waals surface area contributed by atoms with Gasteiger partial charge >= 0.3 is 0 Å². The molecule has 1 saturated carbocycles. The largest absolute Gasteiger partial charge is 0.455 e. The molecule has 5 rings (SSSR count). The molecule has 186 valence electrons. The quantitative estimate of drug-likeness (QED) is 0.286. The van der Waals surface area contributed by atoms with Gasteiger partial charge in [0, 0.05) is 28.5 Å². The van der Waals surface area contributed by atoms with Crippen molar-refractivity contribution in [1.29, 1.82) is 0 Å². The molecule has 1 fully saturated rings. The van der Waals surface area contributed by atoms with E-state index in [-0.39, 0.29) is 34.2 Å². The Balaban J connectivity index is 1.81. The number of anilines is 2. The zero-order chi connectivity index (χ0) is 25.8. The first kappa shape index (κ1) is 24.5. The molecule has 6 nitrogen and oxygen atoms in total. The van der Waals surface area contributed by atoms with Crippen molar-refractivity contribution in [3.63, 3.8) is 0 Å². The van der Waals surface area contributed by atoms with Crippen LogP contribution in [0.2, 0.25) is 0 Å². The van der Waals surface area contributed by atoms with E-state index in [2.05, 4.69) is 21.2 Å². The second kappa shape index (κ2) is 9.01. The highest BCUT2D eigenvalue weighted by molar-refractivity contribution is 9.10. The van der Waals surface area contributed by atoms with E-state index >= 15 is 4.39 Å². The van der Waals surface area contributed by atoms with Crippen LogP contribution in [0.3, 0.4) is 0 Å². The van der Waals surface area contributed by atoms with E-state index in [1.165, 1.54) is 49.5 Å². The van der Waals surface area contributed by atoms with Crippen LogP contribution in [0.25, 0.3) is 22.3 Å². The summed E-state index contributed by atoms with van der Waals surface area (Å²) in [5, 5.41) is 3.10. The standard InChI is InChI=1S/C26H21BrF2N2O4S/c1-30-26(32)24-19-12-18(14-3-4-14)22(13-23(19)35-25(24)15-5-8-17(28)9-6-15)31(36(2,33)34)21-10-7-16(27)11-20(21)29/h5-14H,3-4H2,1-2H3,(H,30,32). The van der Waals surface area contributed by atoms with Gasteiger partial charge in [0.1, 0.15) is 23.0 Å². The number of benzene rings is 3. The summed E-state index contributed by atoms with van der Waals surface area (Å²) in [4.78, 5) is 12.9. The van der Waals surface area contributed by atoms with Gasteiger partial charge in [0.2, 0.25) is 10.0 Å². The number of sulfonamides is 1. The normalized spacial score (nSPS) is 13.7. The second-order valence-electron chi connectivity index (χ2n) is 8.70. The van der Waals surface area contributed by atoms with E-state index in [0.29, 0.717) is 21.0 Å². The first-order chi connectivity index (χ1) is 17.1. The Morgan fingerprint density at radius 2 is 1.75 bits per heavy atom. The molecule has 4 aromatic rings. The summed E-state index contributed by atoms with van der Waals surface area (Å²) in [6.07, 6.45) is 2.67. The van der Waals surface area contributed by atoms with E-state index in [0.717, 1.165) is 23.4 Å². The van der Waals surface area contributed by atoms with Crippen LogP contribution >= 0.6 is 15.9 Å². The summed E-state index contributed by atoms with van der Waals surface area (Å²) >= 11 is 3.21. The highest BCUT2D eigenvalue weighted by Crippen LogP contribution is 2.49. The first-order valence-electron chi connectivity index (χ1n) is 11.1. The number of halogens is 3. The van der Waals surface area contributed by atoms with Crippen LogP contribution in [0.4, 0.5) is 20.2 Å². The Morgan fingerprint density at radius 3 is 2.33 bits per heavy atom. The Kier molecular flexibility index (Phi) is 6.12. The van der Waals surface area contributed by atoms with Gasteiger partial charge in [-0.15, -0.1) is 0 Å². The first-order valence-corrected chi connectivity index (χ1v) is 13.8. The molecule has 1 N–H and O–H groups in total. The molecule has 1 aliphatic rings. The molecule has 1 aromatic heterocycles. The number of carbonyl (C=O) groups excluding carboxylic acids is 1.